The average molecular weight is 506 g/mol. The summed E-state index contributed by atoms with van der Waals surface area (Å²) in [6.45, 7) is 1.06. The zero-order chi connectivity index (χ0) is 26.4. The third-order valence-corrected chi connectivity index (χ3v) is 7.32. The van der Waals surface area contributed by atoms with Crippen LogP contribution in [0.25, 0.3) is 0 Å². The molecule has 2 aromatic rings. The number of rotatable bonds is 2. The predicted molar refractivity (Wildman–Crippen MR) is 138 cm³/mol. The number of carbonyl (C=O) groups is 2. The first-order chi connectivity index (χ1) is 17.9. The Morgan fingerprint density at radius 3 is 2.49 bits per heavy atom. The van der Waals surface area contributed by atoms with E-state index in [1.165, 1.54) is 0 Å². The van der Waals surface area contributed by atoms with Crippen molar-refractivity contribution in [1.29, 1.82) is 5.26 Å². The van der Waals surface area contributed by atoms with Crippen LogP contribution in [0.15, 0.2) is 48.5 Å². The van der Waals surface area contributed by atoms with E-state index >= 15 is 0 Å². The van der Waals surface area contributed by atoms with Gasteiger partial charge in [-0.1, -0.05) is 36.4 Å². The maximum atomic E-state index is 13.6. The number of ether oxygens (including phenoxy) is 3. The quantitative estimate of drug-likeness (QED) is 0.619. The van der Waals surface area contributed by atoms with Gasteiger partial charge < -0.3 is 24.0 Å². The summed E-state index contributed by atoms with van der Waals surface area (Å²) in [5.74, 6) is -0.182. The van der Waals surface area contributed by atoms with Crippen molar-refractivity contribution in [3.05, 3.63) is 65.2 Å². The molecule has 4 rings (SSSR count). The molecule has 2 amide bonds. The predicted octanol–water partition coefficient (Wildman–Crippen LogP) is 3.61. The van der Waals surface area contributed by atoms with Crippen LogP contribution in [0.5, 0.6) is 5.75 Å². The van der Waals surface area contributed by atoms with Crippen LogP contribution in [0.1, 0.15) is 53.1 Å². The van der Waals surface area contributed by atoms with Crippen LogP contribution in [0.3, 0.4) is 0 Å². The van der Waals surface area contributed by atoms with Gasteiger partial charge in [-0.05, 0) is 30.5 Å². The summed E-state index contributed by atoms with van der Waals surface area (Å²) in [7, 11) is 5.20. The highest BCUT2D eigenvalue weighted by molar-refractivity contribution is 5.97. The Hall–Kier alpha value is -3.41. The molecule has 0 aliphatic carbocycles. The van der Waals surface area contributed by atoms with Gasteiger partial charge in [0.1, 0.15) is 17.9 Å². The van der Waals surface area contributed by atoms with E-state index < -0.39 is 0 Å². The van der Waals surface area contributed by atoms with Crippen molar-refractivity contribution >= 4 is 11.8 Å². The molecule has 8 heteroatoms. The van der Waals surface area contributed by atoms with Crippen molar-refractivity contribution in [3.8, 4) is 11.8 Å². The minimum absolute atomic E-state index is 0.0159. The number of likely N-dealkylation sites (N-methyl/N-ethyl adjacent to an activating group) is 2. The van der Waals surface area contributed by atoms with Crippen molar-refractivity contribution < 1.29 is 23.8 Å². The van der Waals surface area contributed by atoms with Gasteiger partial charge in [0.05, 0.1) is 29.9 Å². The third kappa shape index (κ3) is 6.30. The van der Waals surface area contributed by atoms with E-state index in [0.29, 0.717) is 43.0 Å². The SMILES string of the molecule is CO[C@H]1CC[C@@H]2CCOc3c(C#N)cccc3C(=O)N(C)C[C@@H](c3ccccc3)CC(=O)N(C)C[C@H]1O2. The molecule has 4 atom stereocenters. The van der Waals surface area contributed by atoms with Crippen LogP contribution in [-0.2, 0) is 14.3 Å². The summed E-state index contributed by atoms with van der Waals surface area (Å²) in [5.41, 5.74) is 1.64. The molecule has 196 valence electrons. The lowest BCUT2D eigenvalue weighted by atomic mass is 9.93. The number of fused-ring (bicyclic) bond motifs is 3. The van der Waals surface area contributed by atoms with Gasteiger partial charge in [-0.25, -0.2) is 0 Å². The smallest absolute Gasteiger partial charge is 0.257 e. The molecule has 0 aromatic heterocycles. The van der Waals surface area contributed by atoms with Crippen molar-refractivity contribution in [1.82, 2.24) is 9.80 Å². The topological polar surface area (TPSA) is 92.1 Å². The highest BCUT2D eigenvalue weighted by atomic mass is 16.5. The fourth-order valence-corrected chi connectivity index (χ4v) is 5.19. The zero-order valence-corrected chi connectivity index (χ0v) is 21.8. The Morgan fingerprint density at radius 1 is 0.973 bits per heavy atom. The summed E-state index contributed by atoms with van der Waals surface area (Å²) in [6.07, 6.45) is 2.07. The van der Waals surface area contributed by atoms with Gasteiger partial charge in [0.25, 0.3) is 5.91 Å². The summed E-state index contributed by atoms with van der Waals surface area (Å²) >= 11 is 0. The van der Waals surface area contributed by atoms with E-state index in [1.54, 1.807) is 49.2 Å². The van der Waals surface area contributed by atoms with Gasteiger partial charge in [0.2, 0.25) is 5.91 Å². The molecule has 2 aliphatic heterocycles. The first-order valence-electron chi connectivity index (χ1n) is 12.8. The van der Waals surface area contributed by atoms with Crippen molar-refractivity contribution in [3.63, 3.8) is 0 Å². The Kier molecular flexibility index (Phi) is 8.80. The number of nitriles is 1. The molecule has 8 nitrogen and oxygen atoms in total. The number of hydrogen-bond acceptors (Lipinski definition) is 6. The zero-order valence-electron chi connectivity index (χ0n) is 21.8. The highest BCUT2D eigenvalue weighted by Gasteiger charge is 2.34. The van der Waals surface area contributed by atoms with E-state index in [9.17, 15) is 14.9 Å². The number of methoxy groups -OCH3 is 1. The molecule has 0 unspecified atom stereocenters. The Morgan fingerprint density at radius 2 is 1.76 bits per heavy atom. The van der Waals surface area contributed by atoms with Crippen molar-refractivity contribution in [2.75, 3.05) is 40.9 Å². The molecule has 1 saturated heterocycles. The van der Waals surface area contributed by atoms with Gasteiger partial charge in [0.15, 0.2) is 0 Å². The minimum Gasteiger partial charge on any atom is -0.491 e. The molecule has 37 heavy (non-hydrogen) atoms. The fourth-order valence-electron chi connectivity index (χ4n) is 5.19. The average Bonchev–Trinajstić information content (AvgIpc) is 2.92. The van der Waals surface area contributed by atoms with Gasteiger partial charge in [0, 0.05) is 53.1 Å². The van der Waals surface area contributed by atoms with Gasteiger partial charge >= 0.3 is 0 Å². The second-order valence-electron chi connectivity index (χ2n) is 9.85. The summed E-state index contributed by atoms with van der Waals surface area (Å²) in [4.78, 5) is 30.3. The van der Waals surface area contributed by atoms with Crippen LogP contribution in [-0.4, -0.2) is 80.8 Å². The summed E-state index contributed by atoms with van der Waals surface area (Å²) in [5, 5.41) is 9.69. The van der Waals surface area contributed by atoms with Gasteiger partial charge in [-0.2, -0.15) is 5.26 Å². The van der Waals surface area contributed by atoms with Crippen molar-refractivity contribution in [2.45, 2.75) is 49.9 Å². The number of amides is 2. The first kappa shape index (κ1) is 26.6. The third-order valence-electron chi connectivity index (χ3n) is 7.32. The molecule has 0 radical (unpaired) electrons. The van der Waals surface area contributed by atoms with E-state index in [0.717, 1.165) is 18.4 Å². The Bertz CT molecular complexity index is 1130. The highest BCUT2D eigenvalue weighted by Crippen LogP contribution is 2.30. The molecule has 0 spiro atoms. The normalized spacial score (nSPS) is 25.7. The second-order valence-corrected chi connectivity index (χ2v) is 9.85. The first-order valence-corrected chi connectivity index (χ1v) is 12.8. The molecule has 2 aliphatic rings. The van der Waals surface area contributed by atoms with E-state index in [2.05, 4.69) is 6.07 Å². The van der Waals surface area contributed by atoms with Crippen LogP contribution < -0.4 is 4.74 Å². The summed E-state index contributed by atoms with van der Waals surface area (Å²) in [6, 6.07) is 17.0. The van der Waals surface area contributed by atoms with Crippen molar-refractivity contribution in [2.24, 2.45) is 0 Å². The van der Waals surface area contributed by atoms with E-state index in [1.807, 2.05) is 30.3 Å². The number of nitrogens with zero attached hydrogens (tertiary/aromatic N) is 3. The largest absolute Gasteiger partial charge is 0.491 e. The number of hydrogen-bond donors (Lipinski definition) is 0. The fraction of sp³-hybridized carbons (Fsp3) is 0.483. The lowest BCUT2D eigenvalue weighted by Gasteiger charge is -2.38. The monoisotopic (exact) mass is 505 g/mol. The molecule has 0 N–H and O–H groups in total. The van der Waals surface area contributed by atoms with Crippen LogP contribution in [0, 0.1) is 11.3 Å². The lowest BCUT2D eigenvalue weighted by Crippen LogP contribution is -2.48. The lowest BCUT2D eigenvalue weighted by molar-refractivity contribution is -0.150. The maximum absolute atomic E-state index is 13.6. The van der Waals surface area contributed by atoms with Crippen LogP contribution in [0.4, 0.5) is 0 Å². The second kappa shape index (κ2) is 12.2. The number of para-hydroxylation sites is 1. The number of carbonyl (C=O) groups excluding carboxylic acids is 2. The van der Waals surface area contributed by atoms with Gasteiger partial charge in [-0.3, -0.25) is 9.59 Å². The summed E-state index contributed by atoms with van der Waals surface area (Å²) < 4.78 is 18.1. The minimum atomic E-state index is -0.252. The molecule has 1 fully saturated rings. The number of benzene rings is 2. The Labute approximate surface area is 218 Å². The molecule has 0 saturated carbocycles. The standard InChI is InChI=1S/C29H35N3O5/c1-31-19-26-25(35-3)13-12-23(37-26)14-15-36-28-21(17-30)10-7-11-24(28)29(34)32(2)18-22(16-27(31)33)20-8-5-4-6-9-20/h4-11,22-23,25-26H,12-16,18-19H2,1-3H3/t22-,23+,25-,26+/m0/s1. The van der Waals surface area contributed by atoms with Crippen LogP contribution in [0.2, 0.25) is 0 Å². The molecule has 2 heterocycles. The van der Waals surface area contributed by atoms with Crippen LogP contribution >= 0.6 is 0 Å². The Balaban J connectivity index is 1.69. The van der Waals surface area contributed by atoms with E-state index in [-0.39, 0.29) is 42.5 Å². The van der Waals surface area contributed by atoms with E-state index in [4.69, 9.17) is 14.2 Å². The maximum Gasteiger partial charge on any atom is 0.257 e. The molecule has 2 bridgehead atoms. The van der Waals surface area contributed by atoms with Gasteiger partial charge in [-0.15, -0.1) is 0 Å². The molecule has 2 aromatic carbocycles. The molecular formula is C29H35N3O5. The molecular weight excluding hydrogens is 470 g/mol.